The van der Waals surface area contributed by atoms with Crippen LogP contribution in [0, 0.1) is 22.5 Å². The number of nitro groups is 1. The first-order valence-electron chi connectivity index (χ1n) is 6.16. The second kappa shape index (κ2) is 5.02. The lowest BCUT2D eigenvalue weighted by Gasteiger charge is -2.06. The van der Waals surface area contributed by atoms with Gasteiger partial charge in [-0.3, -0.25) is 15.1 Å². The normalized spacial score (nSPS) is 10.2. The van der Waals surface area contributed by atoms with E-state index < -0.39 is 4.92 Å². The average molecular weight is 275 g/mol. The van der Waals surface area contributed by atoms with E-state index in [2.05, 4.69) is 15.9 Å². The molecule has 0 atom stereocenters. The van der Waals surface area contributed by atoms with Crippen molar-refractivity contribution in [2.45, 2.75) is 0 Å². The molecule has 21 heavy (non-hydrogen) atoms. The number of benzene rings is 1. The van der Waals surface area contributed by atoms with Gasteiger partial charge in [0.2, 0.25) is 0 Å². The predicted molar refractivity (Wildman–Crippen MR) is 79.6 cm³/mol. The van der Waals surface area contributed by atoms with E-state index in [1.54, 1.807) is 30.5 Å². The fourth-order valence-corrected chi connectivity index (χ4v) is 2.13. The zero-order valence-electron chi connectivity index (χ0n) is 10.9. The van der Waals surface area contributed by atoms with Gasteiger partial charge in [0.25, 0.3) is 5.69 Å². The Morgan fingerprint density at radius 2 is 2.05 bits per heavy atom. The van der Waals surface area contributed by atoms with Crippen LogP contribution in [-0.4, -0.2) is 14.9 Å². The van der Waals surface area contributed by atoms with Crippen molar-refractivity contribution in [3.8, 4) is 23.6 Å². The monoisotopic (exact) mass is 275 g/mol. The van der Waals surface area contributed by atoms with Gasteiger partial charge in [0.05, 0.1) is 16.1 Å². The highest BCUT2D eigenvalue weighted by atomic mass is 16.6. The molecule has 0 saturated carbocycles. The predicted octanol–water partition coefficient (Wildman–Crippen LogP) is 3.19. The van der Waals surface area contributed by atoms with Gasteiger partial charge in [-0.2, -0.15) is 0 Å². The fraction of sp³-hybridized carbons (Fsp3) is 0. The maximum Gasteiger partial charge on any atom is 0.270 e. The molecule has 3 aromatic rings. The van der Waals surface area contributed by atoms with Crippen LogP contribution in [0.15, 0.2) is 48.7 Å². The highest BCUT2D eigenvalue weighted by Crippen LogP contribution is 2.28. The van der Waals surface area contributed by atoms with Crippen LogP contribution < -0.4 is 0 Å². The summed E-state index contributed by atoms with van der Waals surface area (Å²) in [7, 11) is 0. The number of aromatic nitrogens is 2. The lowest BCUT2D eigenvalue weighted by molar-refractivity contribution is -0.384. The molecule has 0 aliphatic heterocycles. The first-order chi connectivity index (χ1) is 10.2. The van der Waals surface area contributed by atoms with E-state index in [9.17, 15) is 10.1 Å². The number of hydrogen-bond donors (Lipinski definition) is 0. The molecule has 2 aromatic heterocycles. The van der Waals surface area contributed by atoms with Gasteiger partial charge in [-0.15, -0.1) is 6.42 Å². The van der Waals surface area contributed by atoms with E-state index in [0.29, 0.717) is 22.5 Å². The van der Waals surface area contributed by atoms with Crippen molar-refractivity contribution in [1.82, 2.24) is 9.97 Å². The van der Waals surface area contributed by atoms with E-state index in [-0.39, 0.29) is 5.69 Å². The van der Waals surface area contributed by atoms with Gasteiger partial charge in [0, 0.05) is 29.3 Å². The van der Waals surface area contributed by atoms with Crippen LogP contribution in [-0.2, 0) is 0 Å². The lowest BCUT2D eigenvalue weighted by atomic mass is 10.1. The Kier molecular flexibility index (Phi) is 3.05. The van der Waals surface area contributed by atoms with E-state index in [1.807, 2.05) is 6.07 Å². The minimum absolute atomic E-state index is 0.00416. The van der Waals surface area contributed by atoms with Crippen molar-refractivity contribution in [3.63, 3.8) is 0 Å². The molecule has 0 saturated heterocycles. The third kappa shape index (κ3) is 2.30. The Labute approximate surface area is 120 Å². The van der Waals surface area contributed by atoms with E-state index in [1.165, 1.54) is 12.1 Å². The number of hydrogen-bond acceptors (Lipinski definition) is 4. The summed E-state index contributed by atoms with van der Waals surface area (Å²) in [5.74, 6) is 2.49. The second-order valence-corrected chi connectivity index (χ2v) is 4.38. The van der Waals surface area contributed by atoms with Gasteiger partial charge in [-0.05, 0) is 12.1 Å². The summed E-state index contributed by atoms with van der Waals surface area (Å²) >= 11 is 0. The molecule has 0 amide bonds. The number of fused-ring (bicyclic) bond motifs is 1. The molecular formula is C16H9N3O2. The summed E-state index contributed by atoms with van der Waals surface area (Å²) in [5, 5.41) is 11.8. The van der Waals surface area contributed by atoms with Crippen molar-refractivity contribution in [2.75, 3.05) is 0 Å². The second-order valence-electron chi connectivity index (χ2n) is 4.38. The minimum Gasteiger partial charge on any atom is -0.258 e. The van der Waals surface area contributed by atoms with E-state index in [0.717, 1.165) is 5.39 Å². The molecule has 3 rings (SSSR count). The first-order valence-corrected chi connectivity index (χ1v) is 6.16. The average Bonchev–Trinajstić information content (AvgIpc) is 2.53. The Bertz CT molecular complexity index is 897. The maximum atomic E-state index is 10.9. The van der Waals surface area contributed by atoms with Crippen molar-refractivity contribution < 1.29 is 4.92 Å². The summed E-state index contributed by atoms with van der Waals surface area (Å²) in [6, 6.07) is 11.7. The quantitative estimate of drug-likeness (QED) is 0.409. The van der Waals surface area contributed by atoms with Gasteiger partial charge in [0.15, 0.2) is 0 Å². The van der Waals surface area contributed by atoms with Crippen LogP contribution in [0.2, 0.25) is 0 Å². The Morgan fingerprint density at radius 1 is 1.19 bits per heavy atom. The smallest absolute Gasteiger partial charge is 0.258 e. The van der Waals surface area contributed by atoms with Gasteiger partial charge in [-0.25, -0.2) is 4.98 Å². The van der Waals surface area contributed by atoms with Crippen LogP contribution in [0.5, 0.6) is 0 Å². The fourth-order valence-electron chi connectivity index (χ4n) is 2.13. The molecule has 0 fully saturated rings. The number of pyridine rings is 2. The largest absolute Gasteiger partial charge is 0.270 e. The van der Waals surface area contributed by atoms with Crippen molar-refractivity contribution in [2.24, 2.45) is 0 Å². The molecule has 0 radical (unpaired) electrons. The topological polar surface area (TPSA) is 68.9 Å². The number of nitrogens with zero attached hydrogens (tertiary/aromatic N) is 3. The van der Waals surface area contributed by atoms with Crippen molar-refractivity contribution in [3.05, 3.63) is 64.5 Å². The number of terminal acetylenes is 1. The Balaban J connectivity index is 2.31. The summed E-state index contributed by atoms with van der Waals surface area (Å²) in [6.45, 7) is 0. The van der Waals surface area contributed by atoms with Crippen LogP contribution in [0.3, 0.4) is 0 Å². The third-order valence-corrected chi connectivity index (χ3v) is 3.07. The zero-order chi connectivity index (χ0) is 14.8. The SMILES string of the molecule is C#Cc1cc2cccnc2c(-c2cccc([N+](=O)[O-])c2)n1. The Hall–Kier alpha value is -3.26. The maximum absolute atomic E-state index is 10.9. The highest BCUT2D eigenvalue weighted by molar-refractivity contribution is 5.92. The molecule has 2 heterocycles. The van der Waals surface area contributed by atoms with E-state index >= 15 is 0 Å². The van der Waals surface area contributed by atoms with Gasteiger partial charge in [0.1, 0.15) is 5.69 Å². The number of rotatable bonds is 2. The van der Waals surface area contributed by atoms with Crippen molar-refractivity contribution >= 4 is 16.6 Å². The molecule has 1 aromatic carbocycles. The minimum atomic E-state index is -0.440. The summed E-state index contributed by atoms with van der Waals surface area (Å²) in [4.78, 5) is 19.1. The first kappa shape index (κ1) is 12.8. The van der Waals surface area contributed by atoms with Crippen LogP contribution >= 0.6 is 0 Å². The number of nitro benzene ring substituents is 1. The van der Waals surface area contributed by atoms with Gasteiger partial charge < -0.3 is 0 Å². The summed E-state index contributed by atoms with van der Waals surface area (Å²) in [6.07, 6.45) is 7.08. The molecular weight excluding hydrogens is 266 g/mol. The molecule has 100 valence electrons. The van der Waals surface area contributed by atoms with Crippen LogP contribution in [0.1, 0.15) is 5.69 Å². The van der Waals surface area contributed by atoms with Crippen LogP contribution in [0.25, 0.3) is 22.2 Å². The van der Waals surface area contributed by atoms with E-state index in [4.69, 9.17) is 6.42 Å². The lowest BCUT2D eigenvalue weighted by Crippen LogP contribution is -1.94. The highest BCUT2D eigenvalue weighted by Gasteiger charge is 2.12. The molecule has 0 unspecified atom stereocenters. The summed E-state index contributed by atoms with van der Waals surface area (Å²) in [5.41, 5.74) is 2.30. The van der Waals surface area contributed by atoms with Crippen molar-refractivity contribution in [1.29, 1.82) is 0 Å². The third-order valence-electron chi connectivity index (χ3n) is 3.07. The number of non-ortho nitro benzene ring substituents is 1. The molecule has 0 aliphatic carbocycles. The summed E-state index contributed by atoms with van der Waals surface area (Å²) < 4.78 is 0. The van der Waals surface area contributed by atoms with Gasteiger partial charge >= 0.3 is 0 Å². The molecule has 0 N–H and O–H groups in total. The molecule has 0 spiro atoms. The molecule has 0 aliphatic rings. The Morgan fingerprint density at radius 3 is 2.81 bits per heavy atom. The molecule has 5 heteroatoms. The molecule has 0 bridgehead atoms. The van der Waals surface area contributed by atoms with Gasteiger partial charge in [-0.1, -0.05) is 24.1 Å². The van der Waals surface area contributed by atoms with Crippen LogP contribution in [0.4, 0.5) is 5.69 Å². The standard InChI is InChI=1S/C16H9N3O2/c1-2-13-9-11-6-4-8-17-15(11)16(18-13)12-5-3-7-14(10-12)19(20)21/h1,3-10H. The zero-order valence-corrected chi connectivity index (χ0v) is 10.9. The molecule has 5 nitrogen and oxygen atoms in total.